The van der Waals surface area contributed by atoms with E-state index < -0.39 is 0 Å². The first-order valence-electron chi connectivity index (χ1n) is 9.89. The molecule has 0 atom stereocenters. The van der Waals surface area contributed by atoms with E-state index in [0.717, 1.165) is 11.1 Å². The number of anilines is 2. The lowest BCUT2D eigenvalue weighted by molar-refractivity contribution is -0.111. The normalized spacial score (nSPS) is 10.6. The van der Waals surface area contributed by atoms with Crippen LogP contribution in [0.3, 0.4) is 0 Å². The molecule has 0 aliphatic heterocycles. The Balaban J connectivity index is 1.60. The number of nitrogens with two attached hydrogens (primary N) is 1. The lowest BCUT2D eigenvalue weighted by Crippen LogP contribution is -2.09. The number of carbonyl (C=O) groups is 1. The Hall–Kier alpha value is -4.13. The largest absolute Gasteiger partial charge is 0.493 e. The van der Waals surface area contributed by atoms with Gasteiger partial charge < -0.3 is 30.0 Å². The summed E-state index contributed by atoms with van der Waals surface area (Å²) in [4.78, 5) is 12.1. The summed E-state index contributed by atoms with van der Waals surface area (Å²) in [5.41, 5.74) is 8.80. The van der Waals surface area contributed by atoms with Crippen molar-refractivity contribution in [1.82, 2.24) is 0 Å². The van der Waals surface area contributed by atoms with E-state index in [1.807, 2.05) is 36.4 Å². The van der Waals surface area contributed by atoms with Crippen molar-refractivity contribution in [3.63, 3.8) is 0 Å². The summed E-state index contributed by atoms with van der Waals surface area (Å²) in [6.07, 6.45) is 3.20. The molecule has 3 aromatic carbocycles. The van der Waals surface area contributed by atoms with Crippen LogP contribution in [0.1, 0.15) is 11.1 Å². The van der Waals surface area contributed by atoms with Crippen molar-refractivity contribution < 1.29 is 23.7 Å². The number of methoxy groups -OCH3 is 3. The molecule has 0 spiro atoms. The van der Waals surface area contributed by atoms with Crippen molar-refractivity contribution in [2.24, 2.45) is 0 Å². The zero-order chi connectivity index (χ0) is 22.9. The number of nitrogen functional groups attached to an aromatic ring is 1. The van der Waals surface area contributed by atoms with E-state index in [0.29, 0.717) is 41.0 Å². The van der Waals surface area contributed by atoms with Gasteiger partial charge in [0, 0.05) is 18.2 Å². The monoisotopic (exact) mass is 434 g/mol. The van der Waals surface area contributed by atoms with Gasteiger partial charge in [0.25, 0.3) is 0 Å². The van der Waals surface area contributed by atoms with E-state index in [1.54, 1.807) is 51.7 Å². The van der Waals surface area contributed by atoms with Crippen molar-refractivity contribution in [3.8, 4) is 23.0 Å². The van der Waals surface area contributed by atoms with Crippen molar-refractivity contribution in [2.45, 2.75) is 6.61 Å². The van der Waals surface area contributed by atoms with Gasteiger partial charge in [0.15, 0.2) is 11.5 Å². The second kappa shape index (κ2) is 10.8. The quantitative estimate of drug-likeness (QED) is 0.380. The number of ether oxygens (including phenoxy) is 4. The Morgan fingerprint density at radius 3 is 2.19 bits per heavy atom. The Morgan fingerprint density at radius 1 is 0.938 bits per heavy atom. The van der Waals surface area contributed by atoms with Gasteiger partial charge in [-0.1, -0.05) is 36.4 Å². The standard InChI is InChI=1S/C25H26N2O5/c1-29-22-14-19(15-23(30-2)25(22)31-3)32-16-18-10-8-17(9-11-18)12-13-24(28)27-21-7-5-4-6-20(21)26/h4-15H,16,26H2,1-3H3,(H,27,28)/b13-12-. The Kier molecular flexibility index (Phi) is 7.59. The van der Waals surface area contributed by atoms with Crippen LogP contribution >= 0.6 is 0 Å². The molecule has 3 N–H and O–H groups in total. The molecule has 7 heteroatoms. The minimum atomic E-state index is -0.252. The van der Waals surface area contributed by atoms with Crippen molar-refractivity contribution >= 4 is 23.4 Å². The van der Waals surface area contributed by atoms with Crippen LogP contribution in [0.4, 0.5) is 11.4 Å². The molecule has 32 heavy (non-hydrogen) atoms. The average molecular weight is 434 g/mol. The minimum absolute atomic E-state index is 0.252. The number of rotatable bonds is 9. The molecule has 0 radical (unpaired) electrons. The number of carbonyl (C=O) groups excluding carboxylic acids is 1. The molecule has 0 aliphatic carbocycles. The molecule has 7 nitrogen and oxygen atoms in total. The second-order valence-electron chi connectivity index (χ2n) is 6.80. The van der Waals surface area contributed by atoms with Crippen LogP contribution in [0.15, 0.2) is 66.7 Å². The smallest absolute Gasteiger partial charge is 0.248 e. The number of amides is 1. The van der Waals surface area contributed by atoms with Gasteiger partial charge >= 0.3 is 0 Å². The molecule has 0 saturated heterocycles. The van der Waals surface area contributed by atoms with E-state index in [4.69, 9.17) is 24.7 Å². The first-order valence-corrected chi connectivity index (χ1v) is 9.89. The highest BCUT2D eigenvalue weighted by molar-refractivity contribution is 6.03. The molecule has 0 bridgehead atoms. The van der Waals surface area contributed by atoms with Gasteiger partial charge in [-0.2, -0.15) is 0 Å². The molecular weight excluding hydrogens is 408 g/mol. The molecule has 0 aromatic heterocycles. The maximum atomic E-state index is 12.1. The lowest BCUT2D eigenvalue weighted by atomic mass is 10.1. The van der Waals surface area contributed by atoms with Crippen LogP contribution in [-0.2, 0) is 11.4 Å². The fraction of sp³-hybridized carbons (Fsp3) is 0.160. The lowest BCUT2D eigenvalue weighted by Gasteiger charge is -2.14. The summed E-state index contributed by atoms with van der Waals surface area (Å²) in [6.45, 7) is 0.358. The van der Waals surface area contributed by atoms with Crippen LogP contribution in [0.5, 0.6) is 23.0 Å². The first kappa shape index (κ1) is 22.6. The summed E-state index contributed by atoms with van der Waals surface area (Å²) < 4.78 is 21.9. The predicted molar refractivity (Wildman–Crippen MR) is 125 cm³/mol. The maximum absolute atomic E-state index is 12.1. The van der Waals surface area contributed by atoms with Gasteiger partial charge in [-0.3, -0.25) is 4.79 Å². The maximum Gasteiger partial charge on any atom is 0.248 e. The third-order valence-corrected chi connectivity index (χ3v) is 4.67. The van der Waals surface area contributed by atoms with Gasteiger partial charge in [0.1, 0.15) is 12.4 Å². The average Bonchev–Trinajstić information content (AvgIpc) is 2.82. The zero-order valence-electron chi connectivity index (χ0n) is 18.3. The fourth-order valence-corrected chi connectivity index (χ4v) is 2.99. The van der Waals surface area contributed by atoms with Crippen LogP contribution in [0.25, 0.3) is 6.08 Å². The van der Waals surface area contributed by atoms with Crippen LogP contribution < -0.4 is 30.0 Å². The number of hydrogen-bond donors (Lipinski definition) is 2. The van der Waals surface area contributed by atoms with Crippen LogP contribution in [-0.4, -0.2) is 27.2 Å². The number of benzene rings is 3. The summed E-state index contributed by atoms with van der Waals surface area (Å²) >= 11 is 0. The third kappa shape index (κ3) is 5.72. The minimum Gasteiger partial charge on any atom is -0.493 e. The van der Waals surface area contributed by atoms with Crippen LogP contribution in [0, 0.1) is 0 Å². The van der Waals surface area contributed by atoms with E-state index >= 15 is 0 Å². The summed E-state index contributed by atoms with van der Waals surface area (Å²) in [6, 6.07) is 18.3. The van der Waals surface area contributed by atoms with E-state index in [1.165, 1.54) is 6.08 Å². The molecule has 166 valence electrons. The molecule has 0 heterocycles. The van der Waals surface area contributed by atoms with Crippen molar-refractivity contribution in [1.29, 1.82) is 0 Å². The van der Waals surface area contributed by atoms with Crippen molar-refractivity contribution in [2.75, 3.05) is 32.4 Å². The van der Waals surface area contributed by atoms with Crippen molar-refractivity contribution in [3.05, 3.63) is 77.9 Å². The summed E-state index contributed by atoms with van der Waals surface area (Å²) in [5, 5.41) is 2.76. The first-order chi connectivity index (χ1) is 15.5. The van der Waals surface area contributed by atoms with E-state index in [2.05, 4.69) is 5.32 Å². The molecular formula is C25H26N2O5. The molecule has 3 aromatic rings. The number of nitrogens with one attached hydrogen (secondary N) is 1. The molecule has 0 aliphatic rings. The molecule has 3 rings (SSSR count). The van der Waals surface area contributed by atoms with Crippen LogP contribution in [0.2, 0.25) is 0 Å². The highest BCUT2D eigenvalue weighted by atomic mass is 16.5. The van der Waals surface area contributed by atoms with Gasteiger partial charge in [0.2, 0.25) is 11.7 Å². The Morgan fingerprint density at radius 2 is 1.59 bits per heavy atom. The van der Waals surface area contributed by atoms with E-state index in [-0.39, 0.29) is 5.91 Å². The molecule has 1 amide bonds. The fourth-order valence-electron chi connectivity index (χ4n) is 2.99. The molecule has 0 fully saturated rings. The van der Waals surface area contributed by atoms with E-state index in [9.17, 15) is 4.79 Å². The highest BCUT2D eigenvalue weighted by Crippen LogP contribution is 2.40. The number of para-hydroxylation sites is 2. The molecule has 0 saturated carbocycles. The van der Waals surface area contributed by atoms with Gasteiger partial charge in [-0.25, -0.2) is 0 Å². The Labute approximate surface area is 187 Å². The topological polar surface area (TPSA) is 92.0 Å². The van der Waals surface area contributed by atoms with Gasteiger partial charge in [-0.05, 0) is 29.3 Å². The zero-order valence-corrected chi connectivity index (χ0v) is 18.3. The van der Waals surface area contributed by atoms with Gasteiger partial charge in [0.05, 0.1) is 32.7 Å². The van der Waals surface area contributed by atoms with Gasteiger partial charge in [-0.15, -0.1) is 0 Å². The predicted octanol–water partition coefficient (Wildman–Crippen LogP) is 4.53. The Bertz CT molecular complexity index is 1070. The number of hydrogen-bond acceptors (Lipinski definition) is 6. The SMILES string of the molecule is COc1cc(OCc2ccc(/C=C\C(=O)Nc3ccccc3N)cc2)cc(OC)c1OC. The molecule has 0 unspecified atom stereocenters. The summed E-state index contributed by atoms with van der Waals surface area (Å²) in [5.74, 6) is 1.91. The summed E-state index contributed by atoms with van der Waals surface area (Å²) in [7, 11) is 4.67. The second-order valence-corrected chi connectivity index (χ2v) is 6.80. The highest BCUT2D eigenvalue weighted by Gasteiger charge is 2.14. The third-order valence-electron chi connectivity index (χ3n) is 4.67.